The third-order valence-corrected chi connectivity index (χ3v) is 4.14. The number of aliphatic hydroxyl groups excluding tert-OH is 1. The number of ketones is 2. The molecule has 1 fully saturated rings. The molecule has 128 valence electrons. The smallest absolute Gasteiger partial charge is 0.168 e. The fourth-order valence-corrected chi connectivity index (χ4v) is 3.02. The lowest BCUT2D eigenvalue weighted by molar-refractivity contribution is -0.117. The average Bonchev–Trinajstić information content (AvgIpc) is 2.45. The number of carbonyl (C=O) groups excluding carboxylic acids is 2. The van der Waals surface area contributed by atoms with Crippen LogP contribution < -0.4 is 0 Å². The summed E-state index contributed by atoms with van der Waals surface area (Å²) in [7, 11) is 0. The maximum Gasteiger partial charge on any atom is 0.168 e. The van der Waals surface area contributed by atoms with Gasteiger partial charge in [0, 0.05) is 18.4 Å². The number of aliphatic hydroxyl groups is 1. The molecule has 0 amide bonds. The summed E-state index contributed by atoms with van der Waals surface area (Å²) in [6, 6.07) is 7.05. The summed E-state index contributed by atoms with van der Waals surface area (Å²) in [5, 5.41) is 10.3. The first-order chi connectivity index (χ1) is 11.2. The van der Waals surface area contributed by atoms with E-state index in [1.165, 1.54) is 6.92 Å². The summed E-state index contributed by atoms with van der Waals surface area (Å²) in [5.74, 6) is 0.0415. The fraction of sp³-hybridized carbons (Fsp3) is 0.450. The van der Waals surface area contributed by atoms with Gasteiger partial charge in [-0.05, 0) is 37.3 Å². The second kappa shape index (κ2) is 7.12. The highest BCUT2D eigenvalue weighted by Crippen LogP contribution is 2.36. The van der Waals surface area contributed by atoms with Crippen molar-refractivity contribution in [2.75, 3.05) is 0 Å². The number of allylic oxidation sites excluding steroid dienone is 2. The molecule has 4 heteroatoms. The first-order valence-corrected chi connectivity index (χ1v) is 8.38. The number of aliphatic imine (C=N–C) groups is 1. The van der Waals surface area contributed by atoms with Crippen molar-refractivity contribution in [1.82, 2.24) is 0 Å². The van der Waals surface area contributed by atoms with E-state index in [1.807, 2.05) is 20.8 Å². The molecular weight excluding hydrogens is 302 g/mol. The lowest BCUT2D eigenvalue weighted by Crippen LogP contribution is -2.32. The molecule has 1 saturated carbocycles. The Morgan fingerprint density at radius 1 is 1.29 bits per heavy atom. The number of rotatable bonds is 4. The van der Waals surface area contributed by atoms with E-state index in [4.69, 9.17) is 0 Å². The Bertz CT molecular complexity index is 726. The Morgan fingerprint density at radius 2 is 2.00 bits per heavy atom. The first kappa shape index (κ1) is 18.1. The molecule has 2 rings (SSSR count). The monoisotopic (exact) mass is 327 g/mol. The van der Waals surface area contributed by atoms with Gasteiger partial charge in [-0.25, -0.2) is 0 Å². The molecule has 1 aromatic carbocycles. The molecule has 1 aliphatic carbocycles. The Morgan fingerprint density at radius 3 is 2.62 bits per heavy atom. The van der Waals surface area contributed by atoms with Gasteiger partial charge in [0.25, 0.3) is 0 Å². The molecule has 0 bridgehead atoms. The number of carbonyl (C=O) groups is 2. The van der Waals surface area contributed by atoms with Crippen LogP contribution in [0.25, 0.3) is 0 Å². The predicted octanol–water partition coefficient (Wildman–Crippen LogP) is 4.96. The number of nitrogens with zero attached hydrogens (tertiary/aromatic N) is 1. The highest BCUT2D eigenvalue weighted by molar-refractivity contribution is 6.25. The number of hydrogen-bond acceptors (Lipinski definition) is 4. The van der Waals surface area contributed by atoms with Crippen molar-refractivity contribution in [2.45, 2.75) is 53.4 Å². The minimum Gasteiger partial charge on any atom is -0.511 e. The Kier molecular flexibility index (Phi) is 5.37. The minimum absolute atomic E-state index is 0.0262. The van der Waals surface area contributed by atoms with Gasteiger partial charge in [0.05, 0.1) is 17.0 Å². The van der Waals surface area contributed by atoms with Crippen LogP contribution in [-0.4, -0.2) is 22.4 Å². The van der Waals surface area contributed by atoms with Gasteiger partial charge < -0.3 is 5.11 Å². The van der Waals surface area contributed by atoms with Crippen molar-refractivity contribution in [3.63, 3.8) is 0 Å². The Balaban J connectivity index is 2.52. The van der Waals surface area contributed by atoms with Crippen LogP contribution in [-0.2, 0) is 4.79 Å². The van der Waals surface area contributed by atoms with Crippen LogP contribution in [0.5, 0.6) is 0 Å². The summed E-state index contributed by atoms with van der Waals surface area (Å²) in [6.07, 6.45) is 2.25. The van der Waals surface area contributed by atoms with Crippen molar-refractivity contribution in [3.05, 3.63) is 41.2 Å². The minimum atomic E-state index is -0.190. The average molecular weight is 327 g/mol. The van der Waals surface area contributed by atoms with Crippen LogP contribution in [0, 0.1) is 5.41 Å². The quantitative estimate of drug-likeness (QED) is 0.482. The SMILES string of the molecule is CCC/C(O)=C1\C(=O)CC(C)(C)CC1=Nc1cccc(C(C)=O)c1. The third kappa shape index (κ3) is 4.19. The molecular formula is C20H25NO3. The molecule has 1 N–H and O–H groups in total. The van der Waals surface area contributed by atoms with E-state index >= 15 is 0 Å². The molecule has 0 heterocycles. The number of benzene rings is 1. The van der Waals surface area contributed by atoms with Gasteiger partial charge in [-0.3, -0.25) is 14.6 Å². The molecule has 0 spiro atoms. The molecule has 0 aromatic heterocycles. The summed E-state index contributed by atoms with van der Waals surface area (Å²) in [6.45, 7) is 7.53. The summed E-state index contributed by atoms with van der Waals surface area (Å²) in [5.41, 5.74) is 2.00. The summed E-state index contributed by atoms with van der Waals surface area (Å²) < 4.78 is 0. The van der Waals surface area contributed by atoms with Crippen molar-refractivity contribution < 1.29 is 14.7 Å². The molecule has 24 heavy (non-hydrogen) atoms. The standard InChI is InChI=1S/C20H25NO3/c1-5-7-17(23)19-16(11-20(3,4)12-18(19)24)21-15-9-6-8-14(10-15)13(2)22/h6,8-10,23H,5,7,11-12H2,1-4H3/b19-17+,21-16?. The predicted molar refractivity (Wildman–Crippen MR) is 96.1 cm³/mol. The maximum absolute atomic E-state index is 12.5. The highest BCUT2D eigenvalue weighted by atomic mass is 16.3. The van der Waals surface area contributed by atoms with Crippen LogP contribution >= 0.6 is 0 Å². The first-order valence-electron chi connectivity index (χ1n) is 8.38. The second-order valence-corrected chi connectivity index (χ2v) is 7.18. The lowest BCUT2D eigenvalue weighted by atomic mass is 9.73. The molecule has 1 aliphatic rings. The van der Waals surface area contributed by atoms with Crippen molar-refractivity contribution in [3.8, 4) is 0 Å². The zero-order valence-electron chi connectivity index (χ0n) is 14.8. The molecule has 0 atom stereocenters. The third-order valence-electron chi connectivity index (χ3n) is 4.14. The zero-order chi connectivity index (χ0) is 17.9. The second-order valence-electron chi connectivity index (χ2n) is 7.18. The van der Waals surface area contributed by atoms with Crippen LogP contribution in [0.15, 0.2) is 40.6 Å². The van der Waals surface area contributed by atoms with Gasteiger partial charge >= 0.3 is 0 Å². The summed E-state index contributed by atoms with van der Waals surface area (Å²) in [4.78, 5) is 28.7. The molecule has 0 radical (unpaired) electrons. The highest BCUT2D eigenvalue weighted by Gasteiger charge is 2.36. The van der Waals surface area contributed by atoms with Gasteiger partial charge in [-0.2, -0.15) is 0 Å². The molecule has 4 nitrogen and oxygen atoms in total. The topological polar surface area (TPSA) is 66.7 Å². The van der Waals surface area contributed by atoms with E-state index in [0.717, 1.165) is 6.42 Å². The Labute approximate surface area is 143 Å². The lowest BCUT2D eigenvalue weighted by Gasteiger charge is -2.31. The van der Waals surface area contributed by atoms with Gasteiger partial charge in [0.1, 0.15) is 5.76 Å². The normalized spacial score (nSPS) is 21.0. The van der Waals surface area contributed by atoms with Crippen LogP contribution in [0.3, 0.4) is 0 Å². The van der Waals surface area contributed by atoms with E-state index in [2.05, 4.69) is 4.99 Å². The van der Waals surface area contributed by atoms with E-state index in [0.29, 0.717) is 41.8 Å². The van der Waals surface area contributed by atoms with Gasteiger partial charge in [0.15, 0.2) is 11.6 Å². The molecule has 0 aliphatic heterocycles. The van der Waals surface area contributed by atoms with Crippen LogP contribution in [0.4, 0.5) is 5.69 Å². The maximum atomic E-state index is 12.5. The van der Waals surface area contributed by atoms with Gasteiger partial charge in [-0.15, -0.1) is 0 Å². The van der Waals surface area contributed by atoms with Crippen molar-refractivity contribution in [1.29, 1.82) is 0 Å². The van der Waals surface area contributed by atoms with Crippen LogP contribution in [0.2, 0.25) is 0 Å². The van der Waals surface area contributed by atoms with Crippen molar-refractivity contribution >= 4 is 23.0 Å². The largest absolute Gasteiger partial charge is 0.511 e. The number of hydrogen-bond donors (Lipinski definition) is 1. The van der Waals surface area contributed by atoms with Gasteiger partial charge in [-0.1, -0.05) is 32.9 Å². The molecule has 0 saturated heterocycles. The van der Waals surface area contributed by atoms with E-state index in [-0.39, 0.29) is 22.7 Å². The summed E-state index contributed by atoms with van der Waals surface area (Å²) >= 11 is 0. The van der Waals surface area contributed by atoms with E-state index in [9.17, 15) is 14.7 Å². The van der Waals surface area contributed by atoms with Gasteiger partial charge in [0.2, 0.25) is 0 Å². The fourth-order valence-electron chi connectivity index (χ4n) is 3.02. The molecule has 1 aromatic rings. The number of Topliss-reactive ketones (excluding diaryl/α,β-unsaturated/α-hetero) is 2. The Hall–Kier alpha value is -2.23. The van der Waals surface area contributed by atoms with E-state index < -0.39 is 0 Å². The molecule has 0 unspecified atom stereocenters. The van der Waals surface area contributed by atoms with Crippen molar-refractivity contribution in [2.24, 2.45) is 10.4 Å². The zero-order valence-corrected chi connectivity index (χ0v) is 14.8. The van der Waals surface area contributed by atoms with E-state index in [1.54, 1.807) is 24.3 Å². The van der Waals surface area contributed by atoms with Crippen LogP contribution in [0.1, 0.15) is 63.7 Å².